The molecule has 0 amide bonds. The number of hydrogen-bond acceptors (Lipinski definition) is 11. The molecule has 13 nitrogen and oxygen atoms in total. The molecule has 18 heteroatoms. The summed E-state index contributed by atoms with van der Waals surface area (Å²) in [6, 6.07) is 23.1. The number of unbranched alkanes of at least 4 members (excludes halogenated alkanes) is 1. The number of hydrogen-bond donors (Lipinski definition) is 6. The summed E-state index contributed by atoms with van der Waals surface area (Å²) in [7, 11) is -4.78. The van der Waals surface area contributed by atoms with E-state index in [9.17, 15) is 31.6 Å². The number of phenols is 1. The van der Waals surface area contributed by atoms with Crippen molar-refractivity contribution < 1.29 is 65.9 Å². The van der Waals surface area contributed by atoms with Crippen LogP contribution in [0, 0.1) is 34.3 Å². The summed E-state index contributed by atoms with van der Waals surface area (Å²) in [5, 5.41) is 42.6. The lowest BCUT2D eigenvalue weighted by molar-refractivity contribution is -0.138. The monoisotopic (exact) mass is 1090 g/mol. The van der Waals surface area contributed by atoms with Crippen molar-refractivity contribution in [1.82, 2.24) is 0 Å². The number of aromatic hydroxyl groups is 1. The fourth-order valence-electron chi connectivity index (χ4n) is 8.22. The van der Waals surface area contributed by atoms with Gasteiger partial charge < -0.3 is 35.8 Å². The van der Waals surface area contributed by atoms with Crippen molar-refractivity contribution in [3.63, 3.8) is 0 Å². The number of benzene rings is 4. The Hall–Kier alpha value is -4.72. The van der Waals surface area contributed by atoms with E-state index in [2.05, 4.69) is 57.5 Å². The number of aldehydes is 1. The lowest BCUT2D eigenvalue weighted by Gasteiger charge is -2.36. The summed E-state index contributed by atoms with van der Waals surface area (Å²) in [5.74, 6) is -0.363. The van der Waals surface area contributed by atoms with Gasteiger partial charge in [-0.05, 0) is 150 Å². The molecule has 0 saturated heterocycles. The van der Waals surface area contributed by atoms with Crippen molar-refractivity contribution in [2.45, 2.75) is 137 Å². The van der Waals surface area contributed by atoms with E-state index in [1.165, 1.54) is 30.3 Å². The SMILES string of the molecule is CC(C)(C)C1CCC(OS(C)(=O)=O)CC1.CC(C)(C)C1CCC(Oc2ccc(-c3cccc(CCCCC(=O)O)c3)c(F)c2)CC1.NCCC(=O)O.O=Cc1cccc(B(O)O)c1.Oc1ccc(Br)c(F)c1. The van der Waals surface area contributed by atoms with E-state index in [1.54, 1.807) is 18.2 Å². The Kier molecular flexibility index (Phi) is 27.4. The second-order valence-electron chi connectivity index (χ2n) is 20.2. The maximum absolute atomic E-state index is 14.9. The first-order valence-corrected chi connectivity index (χ1v) is 26.8. The predicted octanol–water partition coefficient (Wildman–Crippen LogP) is 10.7. The third-order valence-corrected chi connectivity index (χ3v) is 13.6. The van der Waals surface area contributed by atoms with Crippen LogP contribution < -0.4 is 15.9 Å². The second-order valence-corrected chi connectivity index (χ2v) is 22.7. The quantitative estimate of drug-likeness (QED) is 0.0299. The minimum atomic E-state index is -3.28. The van der Waals surface area contributed by atoms with Gasteiger partial charge in [-0.15, -0.1) is 0 Å². The molecule has 2 saturated carbocycles. The third-order valence-electron chi connectivity index (χ3n) is 12.3. The van der Waals surface area contributed by atoms with Crippen LogP contribution in [-0.4, -0.2) is 84.1 Å². The van der Waals surface area contributed by atoms with Gasteiger partial charge in [-0.25, -0.2) is 8.78 Å². The van der Waals surface area contributed by atoms with Crippen molar-refractivity contribution in [3.8, 4) is 22.6 Å². The number of rotatable bonds is 14. The number of aliphatic carboxylic acids is 2. The van der Waals surface area contributed by atoms with Crippen molar-refractivity contribution in [2.24, 2.45) is 28.4 Å². The van der Waals surface area contributed by atoms with Gasteiger partial charge in [0.2, 0.25) is 0 Å². The largest absolute Gasteiger partial charge is 0.508 e. The van der Waals surface area contributed by atoms with E-state index >= 15 is 0 Å². The minimum absolute atomic E-state index is 0.0595. The predicted molar refractivity (Wildman–Crippen MR) is 283 cm³/mol. The highest BCUT2D eigenvalue weighted by molar-refractivity contribution is 9.10. The number of carboxylic acid groups (broad SMARTS) is 2. The van der Waals surface area contributed by atoms with Crippen LogP contribution in [0.25, 0.3) is 11.1 Å². The highest BCUT2D eigenvalue weighted by Gasteiger charge is 2.32. The summed E-state index contributed by atoms with van der Waals surface area (Å²) in [6.07, 6.45) is 12.6. The molecule has 7 N–H and O–H groups in total. The van der Waals surface area contributed by atoms with Crippen LogP contribution in [0.1, 0.15) is 135 Å². The fourth-order valence-corrected chi connectivity index (χ4v) is 9.15. The van der Waals surface area contributed by atoms with Gasteiger partial charge in [-0.3, -0.25) is 18.6 Å². The maximum Gasteiger partial charge on any atom is 0.488 e. The second kappa shape index (κ2) is 31.1. The highest BCUT2D eigenvalue weighted by Crippen LogP contribution is 2.40. The molecule has 0 aromatic heterocycles. The van der Waals surface area contributed by atoms with Crippen LogP contribution in [0.15, 0.2) is 89.4 Å². The topological polar surface area (TPSA) is 231 Å². The Balaban J connectivity index is 0.000000357. The molecule has 0 heterocycles. The zero-order valence-electron chi connectivity index (χ0n) is 42.7. The molecule has 0 atom stereocenters. The van der Waals surface area contributed by atoms with Gasteiger partial charge >= 0.3 is 19.1 Å². The average molecular weight is 1090 g/mol. The zero-order chi connectivity index (χ0) is 54.2. The number of carbonyl (C=O) groups is 3. The smallest absolute Gasteiger partial charge is 0.488 e. The Bertz CT molecular complexity index is 2400. The van der Waals surface area contributed by atoms with Gasteiger partial charge in [0.15, 0.2) is 0 Å². The summed E-state index contributed by atoms with van der Waals surface area (Å²) in [6.45, 7) is 13.9. The number of phenolic OH excluding ortho intramolecular Hbond substituents is 1. The Labute approximate surface area is 434 Å². The molecule has 6 rings (SSSR count). The van der Waals surface area contributed by atoms with Gasteiger partial charge in [-0.1, -0.05) is 90.1 Å². The number of carboxylic acids is 2. The molecule has 0 aliphatic heterocycles. The van der Waals surface area contributed by atoms with Gasteiger partial charge in [-0.2, -0.15) is 8.42 Å². The molecule has 72 heavy (non-hydrogen) atoms. The summed E-state index contributed by atoms with van der Waals surface area (Å²) in [5.41, 5.74) is 8.78. The van der Waals surface area contributed by atoms with Gasteiger partial charge in [0.25, 0.3) is 10.1 Å². The van der Waals surface area contributed by atoms with Crippen molar-refractivity contribution >= 4 is 56.9 Å². The van der Waals surface area contributed by atoms with E-state index < -0.39 is 35.0 Å². The normalized spacial score (nSPS) is 17.6. The Morgan fingerprint density at radius 1 is 0.750 bits per heavy atom. The van der Waals surface area contributed by atoms with Crippen LogP contribution in [-0.2, 0) is 30.3 Å². The van der Waals surface area contributed by atoms with Gasteiger partial charge in [0.1, 0.15) is 29.4 Å². The van der Waals surface area contributed by atoms with E-state index in [1.807, 2.05) is 30.3 Å². The first-order chi connectivity index (χ1) is 33.6. The lowest BCUT2D eigenvalue weighted by Crippen LogP contribution is -2.30. The fraction of sp³-hybridized carbons (Fsp3) is 0.500. The molecule has 0 spiro atoms. The Morgan fingerprint density at radius 2 is 1.32 bits per heavy atom. The van der Waals surface area contributed by atoms with Crippen LogP contribution in [0.4, 0.5) is 8.78 Å². The van der Waals surface area contributed by atoms with Crippen molar-refractivity contribution in [1.29, 1.82) is 0 Å². The third kappa shape index (κ3) is 25.8. The van der Waals surface area contributed by atoms with Gasteiger partial charge in [0.05, 0.1) is 29.4 Å². The lowest BCUT2D eigenvalue weighted by atomic mass is 9.72. The molecule has 4 aromatic carbocycles. The van der Waals surface area contributed by atoms with Gasteiger partial charge in [0, 0.05) is 36.2 Å². The maximum atomic E-state index is 14.9. The first kappa shape index (κ1) is 63.4. The molecular formula is C54H75BBrF2NO12S. The number of aryl methyl sites for hydroxylation is 1. The van der Waals surface area contributed by atoms with E-state index in [0.29, 0.717) is 56.3 Å². The molecular weight excluding hydrogens is 1020 g/mol. The summed E-state index contributed by atoms with van der Waals surface area (Å²) < 4.78 is 60.7. The Morgan fingerprint density at radius 3 is 1.78 bits per heavy atom. The highest BCUT2D eigenvalue weighted by atomic mass is 79.9. The van der Waals surface area contributed by atoms with Crippen LogP contribution in [0.2, 0.25) is 0 Å². The molecule has 0 unspecified atom stereocenters. The molecule has 398 valence electrons. The van der Waals surface area contributed by atoms with E-state index in [0.717, 1.165) is 93.6 Å². The summed E-state index contributed by atoms with van der Waals surface area (Å²) >= 11 is 2.94. The molecule has 0 radical (unpaired) electrons. The zero-order valence-corrected chi connectivity index (χ0v) is 45.1. The number of ether oxygens (including phenoxy) is 1. The standard InChI is InChI=1S/C27H35FO3.C11H22O3S.C7H7BO3.C6H4BrFO.C3H7NO2/c1-27(2,3)21-11-13-22(14-12-21)31-23-15-16-24(25(28)18-23)20-9-6-8-19(17-20)7-4-5-10-26(29)30;1-11(2,3)9-5-7-10(8-6-9)14-15(4,12)13;9-5-6-2-1-3-7(4-6)8(10)11;7-5-2-1-4(9)3-6(5)8;4-2-1-3(5)6/h6,8-9,15-18,21-22H,4-5,7,10-14H2,1-3H3,(H,29,30);9-10H,5-8H2,1-4H3;1-5,10-11H;1-3,9H;1-2,4H2,(H,5,6). The van der Waals surface area contributed by atoms with Crippen LogP contribution >= 0.6 is 15.9 Å². The molecule has 4 aromatic rings. The molecule has 2 aliphatic carbocycles. The van der Waals surface area contributed by atoms with E-state index in [-0.39, 0.29) is 43.2 Å². The number of nitrogens with two attached hydrogens (primary N) is 1. The van der Waals surface area contributed by atoms with E-state index in [4.69, 9.17) is 40.0 Å². The van der Waals surface area contributed by atoms with Crippen molar-refractivity contribution in [2.75, 3.05) is 12.8 Å². The van der Waals surface area contributed by atoms with Crippen molar-refractivity contribution in [3.05, 3.63) is 112 Å². The first-order valence-electron chi connectivity index (χ1n) is 24.2. The van der Waals surface area contributed by atoms with Crippen LogP contribution in [0.3, 0.4) is 0 Å². The number of halogens is 3. The number of carbonyl (C=O) groups excluding carboxylic acids is 1. The average Bonchev–Trinajstić information content (AvgIpc) is 3.29. The summed E-state index contributed by atoms with van der Waals surface area (Å²) in [4.78, 5) is 30.4. The minimum Gasteiger partial charge on any atom is -0.508 e. The molecule has 2 aliphatic rings. The molecule has 2 fully saturated rings. The van der Waals surface area contributed by atoms with Crippen LogP contribution in [0.5, 0.6) is 11.5 Å². The molecule has 0 bridgehead atoms.